The van der Waals surface area contributed by atoms with Gasteiger partial charge in [-0.1, -0.05) is 17.7 Å². The molecule has 0 aliphatic carbocycles. The molecule has 0 bridgehead atoms. The van der Waals surface area contributed by atoms with Crippen LogP contribution in [0.2, 0.25) is 0 Å². The first kappa shape index (κ1) is 20.5. The van der Waals surface area contributed by atoms with Crippen LogP contribution in [0.25, 0.3) is 0 Å². The molecule has 1 rings (SSSR count). The number of nitrogens with one attached hydrogen (secondary N) is 2. The van der Waals surface area contributed by atoms with Crippen molar-refractivity contribution in [3.8, 4) is 5.75 Å². The largest absolute Gasteiger partial charge is 0.481 e. The Labute approximate surface area is 148 Å². The van der Waals surface area contributed by atoms with E-state index in [4.69, 9.17) is 9.47 Å². The maximum atomic E-state index is 11.9. The minimum absolute atomic E-state index is 0.111. The third-order valence-electron chi connectivity index (χ3n) is 3.27. The summed E-state index contributed by atoms with van der Waals surface area (Å²) in [4.78, 5) is 35.1. The summed E-state index contributed by atoms with van der Waals surface area (Å²) >= 11 is 0. The van der Waals surface area contributed by atoms with Crippen LogP contribution in [0, 0.1) is 20.8 Å². The number of esters is 1. The fourth-order valence-electron chi connectivity index (χ4n) is 2.32. The summed E-state index contributed by atoms with van der Waals surface area (Å²) in [7, 11) is 0. The molecular formula is C18H26N2O5. The van der Waals surface area contributed by atoms with Gasteiger partial charge >= 0.3 is 12.0 Å². The van der Waals surface area contributed by atoms with E-state index in [0.717, 1.165) is 16.7 Å². The summed E-state index contributed by atoms with van der Waals surface area (Å²) in [5.74, 6) is -0.767. The van der Waals surface area contributed by atoms with E-state index in [1.165, 1.54) is 6.92 Å². The Balaban J connectivity index is 2.51. The lowest BCUT2D eigenvalue weighted by atomic mass is 10.1. The molecule has 138 valence electrons. The van der Waals surface area contributed by atoms with Crippen molar-refractivity contribution in [2.75, 3.05) is 6.61 Å². The van der Waals surface area contributed by atoms with Crippen LogP contribution in [0.1, 0.15) is 37.5 Å². The second-order valence-electron chi connectivity index (χ2n) is 6.27. The molecule has 0 unspecified atom stereocenters. The monoisotopic (exact) mass is 350 g/mol. The smallest absolute Gasteiger partial charge is 0.344 e. The highest BCUT2D eigenvalue weighted by Gasteiger charge is 2.20. The van der Waals surface area contributed by atoms with Crippen LogP contribution >= 0.6 is 0 Å². The van der Waals surface area contributed by atoms with Crippen molar-refractivity contribution in [2.45, 2.75) is 53.7 Å². The molecule has 0 saturated carbocycles. The predicted molar refractivity (Wildman–Crippen MR) is 93.5 cm³/mol. The van der Waals surface area contributed by atoms with Crippen LogP contribution in [0.15, 0.2) is 12.1 Å². The molecule has 0 fully saturated rings. The molecular weight excluding hydrogens is 324 g/mol. The summed E-state index contributed by atoms with van der Waals surface area (Å²) in [6.45, 7) is 10.4. The third kappa shape index (κ3) is 6.82. The standard InChI is InChI=1S/C18H26N2O5/c1-10(2)19-18(23)20-17(22)14(6)25-15(21)9-24-16-12(4)7-11(3)8-13(16)5/h7-8,10,14H,9H2,1-6H3,(H2,19,20,22,23)/t14-/m1/s1. The number of carbonyl (C=O) groups is 3. The van der Waals surface area contributed by atoms with Gasteiger partial charge in [-0.2, -0.15) is 0 Å². The normalized spacial score (nSPS) is 11.6. The molecule has 1 atom stereocenters. The first-order valence-corrected chi connectivity index (χ1v) is 8.11. The SMILES string of the molecule is Cc1cc(C)c(OCC(=O)O[C@H](C)C(=O)NC(=O)NC(C)C)c(C)c1. The summed E-state index contributed by atoms with van der Waals surface area (Å²) < 4.78 is 10.5. The lowest BCUT2D eigenvalue weighted by Gasteiger charge is -2.16. The van der Waals surface area contributed by atoms with Gasteiger partial charge in [0.25, 0.3) is 5.91 Å². The Morgan fingerprint density at radius 3 is 2.12 bits per heavy atom. The van der Waals surface area contributed by atoms with Crippen LogP contribution in [-0.2, 0) is 14.3 Å². The van der Waals surface area contributed by atoms with Crippen molar-refractivity contribution in [1.29, 1.82) is 0 Å². The highest BCUT2D eigenvalue weighted by Crippen LogP contribution is 2.24. The number of aryl methyl sites for hydroxylation is 3. The lowest BCUT2D eigenvalue weighted by Crippen LogP contribution is -2.46. The van der Waals surface area contributed by atoms with Gasteiger partial charge in [0.2, 0.25) is 0 Å². The summed E-state index contributed by atoms with van der Waals surface area (Å²) in [5.41, 5.74) is 2.94. The number of benzene rings is 1. The van der Waals surface area contributed by atoms with Gasteiger partial charge in [-0.25, -0.2) is 9.59 Å². The molecule has 0 radical (unpaired) electrons. The topological polar surface area (TPSA) is 93.7 Å². The summed E-state index contributed by atoms with van der Waals surface area (Å²) in [5, 5.41) is 4.62. The molecule has 1 aromatic rings. The zero-order chi connectivity index (χ0) is 19.1. The van der Waals surface area contributed by atoms with E-state index in [1.807, 2.05) is 32.9 Å². The minimum atomic E-state index is -1.10. The third-order valence-corrected chi connectivity index (χ3v) is 3.27. The van der Waals surface area contributed by atoms with Crippen molar-refractivity contribution in [3.63, 3.8) is 0 Å². The molecule has 0 aliphatic rings. The van der Waals surface area contributed by atoms with Crippen molar-refractivity contribution >= 4 is 17.9 Å². The van der Waals surface area contributed by atoms with Crippen molar-refractivity contribution in [3.05, 3.63) is 28.8 Å². The number of imide groups is 1. The van der Waals surface area contributed by atoms with Crippen LogP contribution < -0.4 is 15.4 Å². The molecule has 7 heteroatoms. The van der Waals surface area contributed by atoms with E-state index in [1.54, 1.807) is 13.8 Å². The maximum Gasteiger partial charge on any atom is 0.344 e. The first-order chi connectivity index (χ1) is 11.6. The second-order valence-corrected chi connectivity index (χ2v) is 6.27. The Morgan fingerprint density at radius 2 is 1.60 bits per heavy atom. The Kier molecular flexibility index (Phi) is 7.42. The fourth-order valence-corrected chi connectivity index (χ4v) is 2.32. The summed E-state index contributed by atoms with van der Waals surface area (Å²) in [6.07, 6.45) is -1.10. The molecule has 25 heavy (non-hydrogen) atoms. The van der Waals surface area contributed by atoms with E-state index in [9.17, 15) is 14.4 Å². The molecule has 0 saturated heterocycles. The highest BCUT2D eigenvalue weighted by molar-refractivity contribution is 5.97. The molecule has 3 amide bonds. The van der Waals surface area contributed by atoms with Crippen LogP contribution in [0.4, 0.5) is 4.79 Å². The Hall–Kier alpha value is -2.57. The molecule has 1 aromatic carbocycles. The zero-order valence-corrected chi connectivity index (χ0v) is 15.6. The van der Waals surface area contributed by atoms with E-state index in [2.05, 4.69) is 10.6 Å². The Bertz CT molecular complexity index is 632. The molecule has 0 heterocycles. The van der Waals surface area contributed by atoms with E-state index in [-0.39, 0.29) is 12.6 Å². The highest BCUT2D eigenvalue weighted by atomic mass is 16.6. The molecule has 0 aromatic heterocycles. The van der Waals surface area contributed by atoms with E-state index < -0.39 is 24.0 Å². The summed E-state index contributed by atoms with van der Waals surface area (Å²) in [6, 6.07) is 3.17. The quantitative estimate of drug-likeness (QED) is 0.767. The molecule has 0 spiro atoms. The zero-order valence-electron chi connectivity index (χ0n) is 15.6. The van der Waals surface area contributed by atoms with Crippen molar-refractivity contribution in [1.82, 2.24) is 10.6 Å². The lowest BCUT2D eigenvalue weighted by molar-refractivity contribution is -0.156. The van der Waals surface area contributed by atoms with Gasteiger partial charge < -0.3 is 14.8 Å². The van der Waals surface area contributed by atoms with Crippen molar-refractivity contribution < 1.29 is 23.9 Å². The fraction of sp³-hybridized carbons (Fsp3) is 0.500. The van der Waals surface area contributed by atoms with Gasteiger partial charge in [0, 0.05) is 6.04 Å². The first-order valence-electron chi connectivity index (χ1n) is 8.11. The van der Waals surface area contributed by atoms with Crippen LogP contribution in [0.5, 0.6) is 5.75 Å². The average molecular weight is 350 g/mol. The van der Waals surface area contributed by atoms with Crippen LogP contribution in [0.3, 0.4) is 0 Å². The number of hydrogen-bond donors (Lipinski definition) is 2. The molecule has 7 nitrogen and oxygen atoms in total. The van der Waals surface area contributed by atoms with Gasteiger partial charge in [0.1, 0.15) is 5.75 Å². The number of ether oxygens (including phenoxy) is 2. The number of amides is 3. The predicted octanol–water partition coefficient (Wildman–Crippen LogP) is 2.16. The average Bonchev–Trinajstić information content (AvgIpc) is 2.44. The minimum Gasteiger partial charge on any atom is -0.481 e. The van der Waals surface area contributed by atoms with Gasteiger partial charge in [-0.15, -0.1) is 0 Å². The number of hydrogen-bond acceptors (Lipinski definition) is 5. The van der Waals surface area contributed by atoms with Gasteiger partial charge in [-0.3, -0.25) is 10.1 Å². The van der Waals surface area contributed by atoms with Crippen LogP contribution in [-0.4, -0.2) is 36.7 Å². The van der Waals surface area contributed by atoms with Gasteiger partial charge in [0.15, 0.2) is 12.7 Å². The second kappa shape index (κ2) is 9.05. The van der Waals surface area contributed by atoms with Crippen molar-refractivity contribution in [2.24, 2.45) is 0 Å². The van der Waals surface area contributed by atoms with E-state index >= 15 is 0 Å². The Morgan fingerprint density at radius 1 is 1.04 bits per heavy atom. The van der Waals surface area contributed by atoms with Gasteiger partial charge in [-0.05, 0) is 52.7 Å². The number of rotatable bonds is 6. The maximum absolute atomic E-state index is 11.9. The number of carbonyl (C=O) groups excluding carboxylic acids is 3. The molecule has 2 N–H and O–H groups in total. The van der Waals surface area contributed by atoms with Gasteiger partial charge in [0.05, 0.1) is 0 Å². The van der Waals surface area contributed by atoms with E-state index in [0.29, 0.717) is 5.75 Å². The number of urea groups is 1. The molecule has 0 aliphatic heterocycles.